The first kappa shape index (κ1) is 24.2. The van der Waals surface area contributed by atoms with E-state index < -0.39 is 5.97 Å². The Morgan fingerprint density at radius 2 is 1.63 bits per heavy atom. The monoisotopic (exact) mass is 511 g/mol. The van der Waals surface area contributed by atoms with Gasteiger partial charge in [-0.15, -0.1) is 0 Å². The predicted octanol–water partition coefficient (Wildman–Crippen LogP) is 6.73. The zero-order valence-electron chi connectivity index (χ0n) is 22.2. The summed E-state index contributed by atoms with van der Waals surface area (Å²) in [6, 6.07) is 18.5. The number of carboxylic acid groups (broad SMARTS) is 1. The fourth-order valence-corrected chi connectivity index (χ4v) is 8.50. The Morgan fingerprint density at radius 3 is 2.26 bits per heavy atom. The molecule has 5 fully saturated rings. The minimum absolute atomic E-state index is 0.00393. The van der Waals surface area contributed by atoms with Crippen molar-refractivity contribution in [2.24, 2.45) is 17.8 Å². The van der Waals surface area contributed by atoms with Gasteiger partial charge in [0.15, 0.2) is 0 Å². The highest BCUT2D eigenvalue weighted by atomic mass is 16.5. The van der Waals surface area contributed by atoms with Gasteiger partial charge in [-0.05, 0) is 115 Å². The maximum Gasteiger partial charge on any atom is 0.335 e. The molecule has 3 aromatic carbocycles. The molecular formula is C33H37NO4. The highest BCUT2D eigenvalue weighted by molar-refractivity contribution is 5.98. The Labute approximate surface area is 224 Å². The minimum Gasteiger partial charge on any atom is -0.478 e. The Balaban J connectivity index is 1.35. The summed E-state index contributed by atoms with van der Waals surface area (Å²) in [5.41, 5.74) is 4.11. The summed E-state index contributed by atoms with van der Waals surface area (Å²) < 4.78 is 12.5. The van der Waals surface area contributed by atoms with Crippen LogP contribution in [-0.2, 0) is 10.2 Å². The van der Waals surface area contributed by atoms with Crippen molar-refractivity contribution in [2.75, 3.05) is 26.3 Å². The quantitative estimate of drug-likeness (QED) is 0.398. The standard InChI is InChI=1S/C33H37NO4/c1-21(34-9-11-37-12-10-34)38-31-16-27-3-2-4-28(25-5-7-26(8-6-25)32(35)36)29(27)17-30(31)33-18-22-13-23(19-33)15-24(14-22)20-33/h2-8,16-17,21-24H,9-15,18-20H2,1H3,(H,35,36). The van der Waals surface area contributed by atoms with Gasteiger partial charge in [-0.25, -0.2) is 4.79 Å². The summed E-state index contributed by atoms with van der Waals surface area (Å²) in [4.78, 5) is 13.8. The van der Waals surface area contributed by atoms with Crippen molar-refractivity contribution < 1.29 is 19.4 Å². The number of carboxylic acids is 1. The Hall–Kier alpha value is -2.89. The number of aromatic carboxylic acids is 1. The Morgan fingerprint density at radius 1 is 0.974 bits per heavy atom. The lowest BCUT2D eigenvalue weighted by atomic mass is 9.48. The number of rotatable bonds is 6. The average Bonchev–Trinajstić information content (AvgIpc) is 2.92. The molecule has 4 saturated carbocycles. The topological polar surface area (TPSA) is 59.0 Å². The van der Waals surface area contributed by atoms with Crippen molar-refractivity contribution in [2.45, 2.75) is 57.1 Å². The second kappa shape index (κ2) is 9.39. The second-order valence-corrected chi connectivity index (χ2v) is 12.3. The van der Waals surface area contributed by atoms with E-state index in [0.29, 0.717) is 5.56 Å². The summed E-state index contributed by atoms with van der Waals surface area (Å²) in [6.45, 7) is 5.50. The van der Waals surface area contributed by atoms with E-state index in [4.69, 9.17) is 9.47 Å². The maximum atomic E-state index is 11.4. The van der Waals surface area contributed by atoms with Gasteiger partial charge in [0.1, 0.15) is 12.0 Å². The van der Waals surface area contributed by atoms with Crippen molar-refractivity contribution in [1.82, 2.24) is 4.90 Å². The average molecular weight is 512 g/mol. The van der Waals surface area contributed by atoms with Gasteiger partial charge in [0, 0.05) is 18.7 Å². The summed E-state index contributed by atoms with van der Waals surface area (Å²) >= 11 is 0. The van der Waals surface area contributed by atoms with Crippen LogP contribution in [0, 0.1) is 17.8 Å². The fraction of sp³-hybridized carbons (Fsp3) is 0.485. The normalized spacial score (nSPS) is 29.4. The molecule has 3 aromatic rings. The van der Waals surface area contributed by atoms with Crippen LogP contribution in [0.25, 0.3) is 21.9 Å². The molecule has 198 valence electrons. The van der Waals surface area contributed by atoms with E-state index in [9.17, 15) is 9.90 Å². The number of fused-ring (bicyclic) bond motifs is 1. The first-order valence-electron chi connectivity index (χ1n) is 14.4. The van der Waals surface area contributed by atoms with E-state index in [1.54, 1.807) is 12.1 Å². The molecule has 1 N–H and O–H groups in total. The van der Waals surface area contributed by atoms with E-state index in [1.807, 2.05) is 12.1 Å². The number of hydrogen-bond donors (Lipinski definition) is 1. The van der Waals surface area contributed by atoms with Gasteiger partial charge in [0.2, 0.25) is 0 Å². The van der Waals surface area contributed by atoms with E-state index in [0.717, 1.165) is 60.9 Å². The van der Waals surface area contributed by atoms with Gasteiger partial charge >= 0.3 is 5.97 Å². The van der Waals surface area contributed by atoms with Crippen LogP contribution in [0.15, 0.2) is 54.6 Å². The van der Waals surface area contributed by atoms with Crippen LogP contribution in [0.4, 0.5) is 0 Å². The molecule has 4 bridgehead atoms. The zero-order chi connectivity index (χ0) is 25.9. The molecule has 1 heterocycles. The maximum absolute atomic E-state index is 11.4. The van der Waals surface area contributed by atoms with Crippen LogP contribution in [0.2, 0.25) is 0 Å². The molecule has 1 atom stereocenters. The van der Waals surface area contributed by atoms with Gasteiger partial charge in [-0.3, -0.25) is 4.90 Å². The molecule has 5 heteroatoms. The summed E-state index contributed by atoms with van der Waals surface area (Å²) in [5, 5.41) is 11.8. The third-order valence-electron chi connectivity index (χ3n) is 9.89. The molecule has 0 spiro atoms. The molecule has 0 radical (unpaired) electrons. The molecular weight excluding hydrogens is 474 g/mol. The molecule has 0 aromatic heterocycles. The third-order valence-corrected chi connectivity index (χ3v) is 9.89. The molecule has 1 aliphatic heterocycles. The van der Waals surface area contributed by atoms with Crippen molar-refractivity contribution in [3.8, 4) is 16.9 Å². The van der Waals surface area contributed by atoms with Crippen LogP contribution in [0.3, 0.4) is 0 Å². The number of nitrogens with zero attached hydrogens (tertiary/aromatic N) is 1. The molecule has 8 rings (SSSR count). The third kappa shape index (κ3) is 4.20. The van der Waals surface area contributed by atoms with E-state index in [1.165, 1.54) is 54.9 Å². The zero-order valence-corrected chi connectivity index (χ0v) is 22.2. The van der Waals surface area contributed by atoms with Crippen molar-refractivity contribution in [1.29, 1.82) is 0 Å². The van der Waals surface area contributed by atoms with Crippen LogP contribution >= 0.6 is 0 Å². The smallest absolute Gasteiger partial charge is 0.335 e. The van der Waals surface area contributed by atoms with Crippen LogP contribution in [0.1, 0.15) is 61.4 Å². The number of benzene rings is 3. The lowest BCUT2D eigenvalue weighted by Gasteiger charge is -2.57. The van der Waals surface area contributed by atoms with Gasteiger partial charge < -0.3 is 14.6 Å². The van der Waals surface area contributed by atoms with Crippen molar-refractivity contribution >= 4 is 16.7 Å². The number of ether oxygens (including phenoxy) is 2. The highest BCUT2D eigenvalue weighted by Crippen LogP contribution is 2.62. The predicted molar refractivity (Wildman–Crippen MR) is 149 cm³/mol. The van der Waals surface area contributed by atoms with Gasteiger partial charge in [-0.1, -0.05) is 30.3 Å². The first-order chi connectivity index (χ1) is 18.5. The SMILES string of the molecule is CC(Oc1cc2cccc(-c3ccc(C(=O)O)cc3)c2cc1C12CC3CC(CC(C3)C1)C2)N1CCOCC1. The van der Waals surface area contributed by atoms with Gasteiger partial charge in [0.25, 0.3) is 0 Å². The van der Waals surface area contributed by atoms with E-state index in [2.05, 4.69) is 42.2 Å². The van der Waals surface area contributed by atoms with E-state index >= 15 is 0 Å². The van der Waals surface area contributed by atoms with Crippen LogP contribution < -0.4 is 4.74 Å². The van der Waals surface area contributed by atoms with E-state index in [-0.39, 0.29) is 11.6 Å². The summed E-state index contributed by atoms with van der Waals surface area (Å²) in [7, 11) is 0. The van der Waals surface area contributed by atoms with Crippen LogP contribution in [0.5, 0.6) is 5.75 Å². The number of hydrogen-bond acceptors (Lipinski definition) is 4. The molecule has 1 saturated heterocycles. The Kier molecular flexibility index (Phi) is 5.97. The fourth-order valence-electron chi connectivity index (χ4n) is 8.50. The van der Waals surface area contributed by atoms with Gasteiger partial charge in [-0.2, -0.15) is 0 Å². The molecule has 0 amide bonds. The van der Waals surface area contributed by atoms with Crippen molar-refractivity contribution in [3.63, 3.8) is 0 Å². The molecule has 1 unspecified atom stereocenters. The highest BCUT2D eigenvalue weighted by Gasteiger charge is 2.52. The number of carbonyl (C=O) groups is 1. The molecule has 5 aliphatic rings. The minimum atomic E-state index is -0.894. The largest absolute Gasteiger partial charge is 0.478 e. The van der Waals surface area contributed by atoms with Crippen LogP contribution in [-0.4, -0.2) is 48.5 Å². The lowest BCUT2D eigenvalue weighted by molar-refractivity contribution is -0.0405. The summed E-state index contributed by atoms with van der Waals surface area (Å²) in [5.74, 6) is 2.70. The number of morpholine rings is 1. The van der Waals surface area contributed by atoms with Crippen molar-refractivity contribution in [3.05, 3.63) is 65.7 Å². The molecule has 38 heavy (non-hydrogen) atoms. The lowest BCUT2D eigenvalue weighted by Crippen LogP contribution is -2.49. The Bertz CT molecular complexity index is 1320. The first-order valence-corrected chi connectivity index (χ1v) is 14.4. The van der Waals surface area contributed by atoms with Gasteiger partial charge in [0.05, 0.1) is 18.8 Å². The second-order valence-electron chi connectivity index (χ2n) is 12.3. The molecule has 4 aliphatic carbocycles. The summed E-state index contributed by atoms with van der Waals surface area (Å²) in [6.07, 6.45) is 8.07. The molecule has 5 nitrogen and oxygen atoms in total.